The van der Waals surface area contributed by atoms with Crippen LogP contribution in [0.5, 0.6) is 5.75 Å². The van der Waals surface area contributed by atoms with Crippen LogP contribution in [0.1, 0.15) is 6.92 Å². The van der Waals surface area contributed by atoms with Crippen molar-refractivity contribution in [3.63, 3.8) is 0 Å². The number of nitrogens with zero attached hydrogens (tertiary/aromatic N) is 2. The molecule has 8 heteroatoms. The number of sulfonamides is 1. The minimum atomic E-state index is -3.28. The second kappa shape index (κ2) is 7.38. The summed E-state index contributed by atoms with van der Waals surface area (Å²) >= 11 is 0. The van der Waals surface area contributed by atoms with Gasteiger partial charge in [0.15, 0.2) is 0 Å². The molecule has 0 saturated heterocycles. The van der Waals surface area contributed by atoms with E-state index in [1.807, 2.05) is 24.3 Å². The largest absolute Gasteiger partial charge is 0.497 e. The maximum absolute atomic E-state index is 11.8. The summed E-state index contributed by atoms with van der Waals surface area (Å²) in [6.45, 7) is 1.84. The number of ether oxygens (including phenoxy) is 1. The predicted octanol–water partition coefficient (Wildman–Crippen LogP) is 0.858. The molecule has 1 heterocycles. The summed E-state index contributed by atoms with van der Waals surface area (Å²) in [6.07, 6.45) is 0. The minimum Gasteiger partial charge on any atom is -0.497 e. The van der Waals surface area contributed by atoms with Gasteiger partial charge in [-0.1, -0.05) is 0 Å². The highest BCUT2D eigenvalue weighted by molar-refractivity contribution is 7.89. The normalized spacial score (nSPS) is 11.4. The molecule has 23 heavy (non-hydrogen) atoms. The van der Waals surface area contributed by atoms with Crippen LogP contribution in [-0.2, 0) is 16.6 Å². The molecule has 0 unspecified atom stereocenters. The SMILES string of the molecule is CCS(=O)(=O)NCCn1nc(-c2ccc(OC)cc2)ccc1=O. The van der Waals surface area contributed by atoms with Crippen molar-refractivity contribution in [2.45, 2.75) is 13.5 Å². The third-order valence-electron chi connectivity index (χ3n) is 3.28. The van der Waals surface area contributed by atoms with Crippen molar-refractivity contribution < 1.29 is 13.2 Å². The highest BCUT2D eigenvalue weighted by Gasteiger charge is 2.07. The van der Waals surface area contributed by atoms with Crippen LogP contribution >= 0.6 is 0 Å². The lowest BCUT2D eigenvalue weighted by Crippen LogP contribution is -2.32. The molecule has 0 aliphatic heterocycles. The monoisotopic (exact) mass is 337 g/mol. The fraction of sp³-hybridized carbons (Fsp3) is 0.333. The number of benzene rings is 1. The van der Waals surface area contributed by atoms with E-state index in [-0.39, 0.29) is 24.4 Å². The summed E-state index contributed by atoms with van der Waals surface area (Å²) in [5, 5.41) is 4.27. The van der Waals surface area contributed by atoms with Crippen LogP contribution in [0.4, 0.5) is 0 Å². The van der Waals surface area contributed by atoms with Gasteiger partial charge in [0.25, 0.3) is 5.56 Å². The Balaban J connectivity index is 2.16. The third kappa shape index (κ3) is 4.64. The van der Waals surface area contributed by atoms with E-state index in [1.54, 1.807) is 20.1 Å². The van der Waals surface area contributed by atoms with Gasteiger partial charge in [-0.15, -0.1) is 0 Å². The number of methoxy groups -OCH3 is 1. The van der Waals surface area contributed by atoms with Gasteiger partial charge in [0.2, 0.25) is 10.0 Å². The van der Waals surface area contributed by atoms with Crippen molar-refractivity contribution in [2.75, 3.05) is 19.4 Å². The van der Waals surface area contributed by atoms with Crippen LogP contribution in [0.25, 0.3) is 11.3 Å². The molecule has 7 nitrogen and oxygen atoms in total. The van der Waals surface area contributed by atoms with Gasteiger partial charge in [-0.3, -0.25) is 4.79 Å². The fourth-order valence-corrected chi connectivity index (χ4v) is 2.54. The van der Waals surface area contributed by atoms with Crippen molar-refractivity contribution in [1.29, 1.82) is 0 Å². The molecule has 0 aliphatic rings. The molecule has 1 aromatic heterocycles. The van der Waals surface area contributed by atoms with Crippen molar-refractivity contribution in [3.8, 4) is 17.0 Å². The molecule has 1 aromatic carbocycles. The standard InChI is InChI=1S/C15H19N3O4S/c1-3-23(20,21)16-10-11-18-15(19)9-8-14(17-18)12-4-6-13(22-2)7-5-12/h4-9,16H,3,10-11H2,1-2H3. The highest BCUT2D eigenvalue weighted by atomic mass is 32.2. The minimum absolute atomic E-state index is 0.00121. The van der Waals surface area contributed by atoms with E-state index in [0.717, 1.165) is 11.3 Å². The molecule has 0 saturated carbocycles. The summed E-state index contributed by atoms with van der Waals surface area (Å²) in [6, 6.07) is 10.4. The second-order valence-electron chi connectivity index (χ2n) is 4.81. The van der Waals surface area contributed by atoms with E-state index in [0.29, 0.717) is 5.69 Å². The maximum Gasteiger partial charge on any atom is 0.266 e. The molecule has 0 atom stereocenters. The molecule has 2 aromatic rings. The van der Waals surface area contributed by atoms with Crippen LogP contribution in [0.2, 0.25) is 0 Å². The molecule has 0 aliphatic carbocycles. The summed E-state index contributed by atoms with van der Waals surface area (Å²) < 4.78 is 31.6. The zero-order valence-electron chi connectivity index (χ0n) is 13.0. The van der Waals surface area contributed by atoms with Gasteiger partial charge >= 0.3 is 0 Å². The molecule has 0 radical (unpaired) electrons. The topological polar surface area (TPSA) is 90.3 Å². The predicted molar refractivity (Wildman–Crippen MR) is 87.9 cm³/mol. The van der Waals surface area contributed by atoms with E-state index >= 15 is 0 Å². The number of aromatic nitrogens is 2. The van der Waals surface area contributed by atoms with Crippen LogP contribution in [0, 0.1) is 0 Å². The summed E-state index contributed by atoms with van der Waals surface area (Å²) in [5.41, 5.74) is 1.19. The molecular formula is C15H19N3O4S. The van der Waals surface area contributed by atoms with Crippen LogP contribution < -0.4 is 15.0 Å². The Bertz CT molecular complexity index is 813. The zero-order chi connectivity index (χ0) is 16.9. The quantitative estimate of drug-likeness (QED) is 0.809. The molecule has 1 N–H and O–H groups in total. The molecule has 0 bridgehead atoms. The molecule has 0 spiro atoms. The van der Waals surface area contributed by atoms with Gasteiger partial charge in [-0.2, -0.15) is 5.10 Å². The number of rotatable bonds is 7. The first kappa shape index (κ1) is 17.2. The van der Waals surface area contributed by atoms with Gasteiger partial charge in [-0.25, -0.2) is 17.8 Å². The first-order valence-electron chi connectivity index (χ1n) is 7.15. The Labute approximate surface area is 135 Å². The Hall–Kier alpha value is -2.19. The Morgan fingerprint density at radius 1 is 1.17 bits per heavy atom. The fourth-order valence-electron chi connectivity index (χ4n) is 1.93. The van der Waals surface area contributed by atoms with Crippen LogP contribution in [-0.4, -0.2) is 37.6 Å². The van der Waals surface area contributed by atoms with Gasteiger partial charge < -0.3 is 4.74 Å². The lowest BCUT2D eigenvalue weighted by molar-refractivity contribution is 0.415. The van der Waals surface area contributed by atoms with Crippen molar-refractivity contribution in [2.24, 2.45) is 0 Å². The molecular weight excluding hydrogens is 318 g/mol. The second-order valence-corrected chi connectivity index (χ2v) is 6.90. The summed E-state index contributed by atoms with van der Waals surface area (Å²) in [4.78, 5) is 11.8. The molecule has 0 fully saturated rings. The lowest BCUT2D eigenvalue weighted by atomic mass is 10.1. The van der Waals surface area contributed by atoms with E-state index < -0.39 is 10.0 Å². The zero-order valence-corrected chi connectivity index (χ0v) is 13.8. The van der Waals surface area contributed by atoms with Crippen molar-refractivity contribution in [3.05, 3.63) is 46.8 Å². The van der Waals surface area contributed by atoms with Crippen LogP contribution in [0.3, 0.4) is 0 Å². The van der Waals surface area contributed by atoms with Gasteiger partial charge in [0.1, 0.15) is 5.75 Å². The Kier molecular flexibility index (Phi) is 5.51. The summed E-state index contributed by atoms with van der Waals surface area (Å²) in [5.74, 6) is 0.734. The van der Waals surface area contributed by atoms with E-state index in [2.05, 4.69) is 9.82 Å². The maximum atomic E-state index is 11.8. The molecule has 0 amide bonds. The smallest absolute Gasteiger partial charge is 0.266 e. The van der Waals surface area contributed by atoms with E-state index in [4.69, 9.17) is 4.74 Å². The van der Waals surface area contributed by atoms with E-state index in [1.165, 1.54) is 10.7 Å². The average Bonchev–Trinajstić information content (AvgIpc) is 2.56. The molecule has 2 rings (SSSR count). The van der Waals surface area contributed by atoms with Gasteiger partial charge in [0, 0.05) is 18.2 Å². The van der Waals surface area contributed by atoms with Gasteiger partial charge in [-0.05, 0) is 37.3 Å². The van der Waals surface area contributed by atoms with E-state index in [9.17, 15) is 13.2 Å². The Morgan fingerprint density at radius 2 is 1.87 bits per heavy atom. The van der Waals surface area contributed by atoms with Gasteiger partial charge in [0.05, 0.1) is 25.1 Å². The number of nitrogens with one attached hydrogen (secondary N) is 1. The first-order chi connectivity index (χ1) is 10.9. The highest BCUT2D eigenvalue weighted by Crippen LogP contribution is 2.19. The first-order valence-corrected chi connectivity index (χ1v) is 8.80. The lowest BCUT2D eigenvalue weighted by Gasteiger charge is -2.08. The van der Waals surface area contributed by atoms with Crippen molar-refractivity contribution >= 4 is 10.0 Å². The third-order valence-corrected chi connectivity index (χ3v) is 4.68. The summed E-state index contributed by atoms with van der Waals surface area (Å²) in [7, 11) is -1.69. The number of hydrogen-bond donors (Lipinski definition) is 1. The molecule has 124 valence electrons. The Morgan fingerprint density at radius 3 is 2.48 bits per heavy atom. The van der Waals surface area contributed by atoms with Crippen molar-refractivity contribution in [1.82, 2.24) is 14.5 Å². The number of hydrogen-bond acceptors (Lipinski definition) is 5. The average molecular weight is 337 g/mol. The van der Waals surface area contributed by atoms with Crippen LogP contribution in [0.15, 0.2) is 41.2 Å².